The van der Waals surface area contributed by atoms with Gasteiger partial charge in [-0.2, -0.15) is 13.2 Å². The van der Waals surface area contributed by atoms with Crippen LogP contribution in [-0.2, 0) is 21.6 Å². The largest absolute Gasteiger partial charge is 0.471 e. The Labute approximate surface area is 163 Å². The van der Waals surface area contributed by atoms with Crippen molar-refractivity contribution in [2.75, 3.05) is 6.61 Å². The molecule has 9 heteroatoms. The average Bonchev–Trinajstić information content (AvgIpc) is 2.96. The van der Waals surface area contributed by atoms with E-state index in [9.17, 15) is 26.7 Å². The van der Waals surface area contributed by atoms with Crippen molar-refractivity contribution in [3.63, 3.8) is 0 Å². The van der Waals surface area contributed by atoms with Crippen LogP contribution < -0.4 is 0 Å². The molecule has 2 atom stereocenters. The highest BCUT2D eigenvalue weighted by Crippen LogP contribution is 2.54. The molecular weight excluding hydrogens is 401 g/mol. The number of thiophene rings is 1. The molecule has 1 saturated carbocycles. The van der Waals surface area contributed by atoms with Crippen molar-refractivity contribution in [3.05, 3.63) is 21.4 Å². The molecular formula is C19H22F5NO2S. The lowest BCUT2D eigenvalue weighted by Crippen LogP contribution is -2.59. The van der Waals surface area contributed by atoms with Crippen molar-refractivity contribution >= 4 is 17.2 Å². The second-order valence-corrected chi connectivity index (χ2v) is 9.46. The van der Waals surface area contributed by atoms with Crippen LogP contribution in [0.3, 0.4) is 0 Å². The Bertz CT molecular complexity index is 770. The van der Waals surface area contributed by atoms with Gasteiger partial charge in [-0.1, -0.05) is 0 Å². The SMILES string of the molecule is CC1CC2(CC(C)N1C(=O)C(F)(F)F)OCCc1cc(C3CC(F)(F)C3)sc12. The molecule has 1 amide bonds. The lowest BCUT2D eigenvalue weighted by molar-refractivity contribution is -0.199. The maximum atomic E-state index is 13.3. The predicted octanol–water partition coefficient (Wildman–Crippen LogP) is 4.99. The number of hydrogen-bond donors (Lipinski definition) is 0. The molecule has 0 radical (unpaired) electrons. The Morgan fingerprint density at radius 3 is 2.32 bits per heavy atom. The van der Waals surface area contributed by atoms with E-state index < -0.39 is 35.7 Å². The summed E-state index contributed by atoms with van der Waals surface area (Å²) in [7, 11) is 0. The fraction of sp³-hybridized carbons (Fsp3) is 0.737. The fourth-order valence-corrected chi connectivity index (χ4v) is 6.50. The van der Waals surface area contributed by atoms with Crippen molar-refractivity contribution < 1.29 is 31.5 Å². The van der Waals surface area contributed by atoms with Crippen LogP contribution in [0, 0.1) is 0 Å². The zero-order valence-corrected chi connectivity index (χ0v) is 16.4. The molecule has 1 spiro atoms. The molecule has 2 unspecified atom stereocenters. The van der Waals surface area contributed by atoms with E-state index in [4.69, 9.17) is 4.74 Å². The van der Waals surface area contributed by atoms with Gasteiger partial charge in [0.1, 0.15) is 5.60 Å². The zero-order chi connectivity index (χ0) is 20.5. The van der Waals surface area contributed by atoms with Gasteiger partial charge in [-0.25, -0.2) is 8.78 Å². The lowest BCUT2D eigenvalue weighted by Gasteiger charge is -2.50. The number of hydrogen-bond acceptors (Lipinski definition) is 3. The Hall–Kier alpha value is -1.22. The predicted molar refractivity (Wildman–Crippen MR) is 93.6 cm³/mol. The smallest absolute Gasteiger partial charge is 0.369 e. The molecule has 0 aromatic carbocycles. The van der Waals surface area contributed by atoms with E-state index in [0.717, 1.165) is 20.2 Å². The zero-order valence-electron chi connectivity index (χ0n) is 15.6. The van der Waals surface area contributed by atoms with Crippen LogP contribution in [0.5, 0.6) is 0 Å². The number of ether oxygens (including phenoxy) is 1. The van der Waals surface area contributed by atoms with Crippen molar-refractivity contribution in [2.24, 2.45) is 0 Å². The van der Waals surface area contributed by atoms with Gasteiger partial charge in [0, 0.05) is 53.4 Å². The summed E-state index contributed by atoms with van der Waals surface area (Å²) in [5, 5.41) is 0. The van der Waals surface area contributed by atoms with Crippen LogP contribution in [-0.4, -0.2) is 41.6 Å². The number of nitrogens with zero attached hydrogens (tertiary/aromatic N) is 1. The normalized spacial score (nSPS) is 32.9. The molecule has 3 heterocycles. The second kappa shape index (κ2) is 6.39. The first-order chi connectivity index (χ1) is 12.9. The Morgan fingerprint density at radius 2 is 1.79 bits per heavy atom. The van der Waals surface area contributed by atoms with Gasteiger partial charge in [0.2, 0.25) is 5.92 Å². The van der Waals surface area contributed by atoms with Gasteiger partial charge in [-0.05, 0) is 31.9 Å². The molecule has 1 aromatic rings. The van der Waals surface area contributed by atoms with Gasteiger partial charge in [-0.15, -0.1) is 11.3 Å². The number of alkyl halides is 5. The molecule has 156 valence electrons. The number of likely N-dealkylation sites (tertiary alicyclic amines) is 1. The number of amides is 1. The van der Waals surface area contributed by atoms with Crippen LogP contribution in [0.2, 0.25) is 0 Å². The summed E-state index contributed by atoms with van der Waals surface area (Å²) < 4.78 is 71.6. The monoisotopic (exact) mass is 423 g/mol. The highest BCUT2D eigenvalue weighted by atomic mass is 32.1. The number of piperidine rings is 1. The number of rotatable bonds is 1. The topological polar surface area (TPSA) is 29.5 Å². The van der Waals surface area contributed by atoms with Crippen LogP contribution in [0.15, 0.2) is 6.07 Å². The molecule has 3 nitrogen and oxygen atoms in total. The summed E-state index contributed by atoms with van der Waals surface area (Å²) in [5.41, 5.74) is 0.306. The van der Waals surface area contributed by atoms with Crippen molar-refractivity contribution in [1.29, 1.82) is 0 Å². The van der Waals surface area contributed by atoms with Crippen LogP contribution in [0.25, 0.3) is 0 Å². The minimum Gasteiger partial charge on any atom is -0.369 e. The number of carbonyl (C=O) groups is 1. The first-order valence-corrected chi connectivity index (χ1v) is 10.3. The molecule has 2 aliphatic heterocycles. The second-order valence-electron chi connectivity index (χ2n) is 8.37. The fourth-order valence-electron chi connectivity index (χ4n) is 5.03. The standard InChI is InChI=1S/C19H22F5NO2S/c1-10-6-17(7-11(2)25(10)16(26)19(22,23)24)15-12(3-4-27-17)5-14(28-15)13-8-18(20,21)9-13/h5,10-11,13H,3-4,6-9H2,1-2H3. The molecule has 1 aromatic heterocycles. The van der Waals surface area contributed by atoms with Crippen LogP contribution in [0.1, 0.15) is 60.8 Å². The van der Waals surface area contributed by atoms with E-state index in [2.05, 4.69) is 0 Å². The summed E-state index contributed by atoms with van der Waals surface area (Å²) in [6.45, 7) is 3.66. The Balaban J connectivity index is 1.61. The summed E-state index contributed by atoms with van der Waals surface area (Å²) in [6, 6.07) is 0.706. The summed E-state index contributed by atoms with van der Waals surface area (Å²) in [4.78, 5) is 14.6. The first-order valence-electron chi connectivity index (χ1n) is 9.46. The first kappa shape index (κ1) is 20.1. The molecule has 28 heavy (non-hydrogen) atoms. The summed E-state index contributed by atoms with van der Waals surface area (Å²) in [6.07, 6.45) is -4.00. The molecule has 1 aliphatic carbocycles. The Kier molecular flexibility index (Phi) is 4.58. The highest BCUT2D eigenvalue weighted by molar-refractivity contribution is 7.12. The van der Waals surface area contributed by atoms with Crippen molar-refractivity contribution in [1.82, 2.24) is 4.90 Å². The molecule has 0 N–H and O–H groups in total. The van der Waals surface area contributed by atoms with Gasteiger partial charge < -0.3 is 9.64 Å². The molecule has 2 fully saturated rings. The van der Waals surface area contributed by atoms with E-state index in [1.165, 1.54) is 11.3 Å². The molecule has 4 rings (SSSR count). The minimum absolute atomic E-state index is 0.152. The summed E-state index contributed by atoms with van der Waals surface area (Å²) >= 11 is 1.46. The van der Waals surface area contributed by atoms with E-state index in [1.807, 2.05) is 6.07 Å². The average molecular weight is 423 g/mol. The number of halogens is 5. The third-order valence-corrected chi connectivity index (χ3v) is 7.69. The van der Waals surface area contributed by atoms with Crippen LogP contribution in [0.4, 0.5) is 22.0 Å². The lowest BCUT2D eigenvalue weighted by atomic mass is 9.78. The molecule has 3 aliphatic rings. The van der Waals surface area contributed by atoms with Gasteiger partial charge in [0.05, 0.1) is 6.61 Å². The summed E-state index contributed by atoms with van der Waals surface area (Å²) in [5.74, 6) is -4.58. The van der Waals surface area contributed by atoms with Crippen molar-refractivity contribution in [3.8, 4) is 0 Å². The van der Waals surface area contributed by atoms with E-state index >= 15 is 0 Å². The quantitative estimate of drug-likeness (QED) is 0.596. The molecule has 1 saturated heterocycles. The highest BCUT2D eigenvalue weighted by Gasteiger charge is 2.54. The Morgan fingerprint density at radius 1 is 1.18 bits per heavy atom. The molecule has 0 bridgehead atoms. The van der Waals surface area contributed by atoms with E-state index in [1.54, 1.807) is 13.8 Å². The van der Waals surface area contributed by atoms with E-state index in [-0.39, 0.29) is 31.6 Å². The van der Waals surface area contributed by atoms with Crippen molar-refractivity contribution in [2.45, 2.75) is 81.7 Å². The third kappa shape index (κ3) is 3.24. The minimum atomic E-state index is -4.91. The maximum absolute atomic E-state index is 13.3. The van der Waals surface area contributed by atoms with Gasteiger partial charge in [-0.3, -0.25) is 4.79 Å². The van der Waals surface area contributed by atoms with E-state index in [0.29, 0.717) is 13.0 Å². The van der Waals surface area contributed by atoms with Crippen LogP contribution >= 0.6 is 11.3 Å². The number of fused-ring (bicyclic) bond motifs is 2. The van der Waals surface area contributed by atoms with Gasteiger partial charge in [0.15, 0.2) is 0 Å². The van der Waals surface area contributed by atoms with Gasteiger partial charge in [0.25, 0.3) is 0 Å². The number of carbonyl (C=O) groups excluding carboxylic acids is 1. The van der Waals surface area contributed by atoms with Gasteiger partial charge >= 0.3 is 12.1 Å². The third-order valence-electron chi connectivity index (χ3n) is 6.16. The maximum Gasteiger partial charge on any atom is 0.471 e.